The van der Waals surface area contributed by atoms with Crippen LogP contribution in [0.15, 0.2) is 22.3 Å². The van der Waals surface area contributed by atoms with Gasteiger partial charge >= 0.3 is 0 Å². The smallest absolute Gasteiger partial charge is 0.00699 e. The Bertz CT molecular complexity index is 170. The van der Waals surface area contributed by atoms with E-state index in [0.717, 1.165) is 18.3 Å². The Morgan fingerprint density at radius 3 is 3.18 bits per heavy atom. The molecule has 0 aromatic rings. The van der Waals surface area contributed by atoms with Crippen molar-refractivity contribution in [2.45, 2.75) is 26.2 Å². The molecule has 2 atom stereocenters. The quantitative estimate of drug-likeness (QED) is 0.522. The van der Waals surface area contributed by atoms with Crippen molar-refractivity contribution in [3.05, 3.63) is 22.3 Å². The van der Waals surface area contributed by atoms with E-state index in [0.29, 0.717) is 0 Å². The van der Waals surface area contributed by atoms with E-state index in [1.165, 1.54) is 12.8 Å². The molecule has 0 fully saturated rings. The van der Waals surface area contributed by atoms with Crippen molar-refractivity contribution in [2.24, 2.45) is 11.8 Å². The van der Waals surface area contributed by atoms with Crippen LogP contribution in [0.1, 0.15) is 26.2 Å². The van der Waals surface area contributed by atoms with Gasteiger partial charge in [-0.15, -0.1) is 6.58 Å². The standard InChI is InChI=1S/C10H15I/c1-3-4-9-7-8(2)5-6-10(9)11/h3,6,8-9H,1,4-5,7H2,2H3/t8-,9?/m0/s1. The van der Waals surface area contributed by atoms with Gasteiger partial charge in [0, 0.05) is 0 Å². The topological polar surface area (TPSA) is 0 Å². The van der Waals surface area contributed by atoms with Crippen LogP contribution in [-0.2, 0) is 0 Å². The molecule has 1 aliphatic rings. The highest BCUT2D eigenvalue weighted by atomic mass is 127. The molecule has 0 amide bonds. The van der Waals surface area contributed by atoms with Gasteiger partial charge in [-0.2, -0.15) is 0 Å². The Morgan fingerprint density at radius 1 is 1.82 bits per heavy atom. The summed E-state index contributed by atoms with van der Waals surface area (Å²) in [6.07, 6.45) is 8.18. The van der Waals surface area contributed by atoms with Crippen molar-refractivity contribution in [2.75, 3.05) is 0 Å². The van der Waals surface area contributed by atoms with Crippen molar-refractivity contribution in [3.63, 3.8) is 0 Å². The number of hydrogen-bond acceptors (Lipinski definition) is 0. The highest BCUT2D eigenvalue weighted by Crippen LogP contribution is 2.34. The van der Waals surface area contributed by atoms with Crippen LogP contribution in [0.4, 0.5) is 0 Å². The van der Waals surface area contributed by atoms with Crippen molar-refractivity contribution in [3.8, 4) is 0 Å². The Balaban J connectivity index is 2.56. The molecule has 0 heterocycles. The van der Waals surface area contributed by atoms with Gasteiger partial charge in [0.2, 0.25) is 0 Å². The first-order valence-corrected chi connectivity index (χ1v) is 5.28. The van der Waals surface area contributed by atoms with Crippen molar-refractivity contribution < 1.29 is 0 Å². The van der Waals surface area contributed by atoms with E-state index in [2.05, 4.69) is 42.2 Å². The van der Waals surface area contributed by atoms with Gasteiger partial charge in [0.05, 0.1) is 0 Å². The molecular weight excluding hydrogens is 247 g/mol. The van der Waals surface area contributed by atoms with E-state index in [4.69, 9.17) is 0 Å². The fourth-order valence-corrected chi connectivity index (χ4v) is 2.35. The zero-order valence-electron chi connectivity index (χ0n) is 7.02. The molecule has 0 N–H and O–H groups in total. The first kappa shape index (κ1) is 9.30. The fraction of sp³-hybridized carbons (Fsp3) is 0.600. The van der Waals surface area contributed by atoms with Crippen molar-refractivity contribution in [1.82, 2.24) is 0 Å². The molecule has 0 aromatic carbocycles. The highest BCUT2D eigenvalue weighted by Gasteiger charge is 2.18. The second-order valence-electron chi connectivity index (χ2n) is 3.39. The first-order valence-electron chi connectivity index (χ1n) is 4.20. The molecule has 0 bridgehead atoms. The van der Waals surface area contributed by atoms with Crippen LogP contribution in [0.5, 0.6) is 0 Å². The molecule has 0 spiro atoms. The van der Waals surface area contributed by atoms with Crippen LogP contribution in [-0.4, -0.2) is 0 Å². The van der Waals surface area contributed by atoms with E-state index in [-0.39, 0.29) is 0 Å². The molecule has 0 nitrogen and oxygen atoms in total. The molecule has 1 unspecified atom stereocenters. The summed E-state index contributed by atoms with van der Waals surface area (Å²) in [6.45, 7) is 6.11. The molecule has 0 saturated carbocycles. The average Bonchev–Trinajstić information content (AvgIpc) is 1.98. The molecule has 0 saturated heterocycles. The lowest BCUT2D eigenvalue weighted by molar-refractivity contribution is 0.427. The summed E-state index contributed by atoms with van der Waals surface area (Å²) in [6, 6.07) is 0. The van der Waals surface area contributed by atoms with Crippen LogP contribution in [0.25, 0.3) is 0 Å². The second kappa shape index (κ2) is 4.29. The second-order valence-corrected chi connectivity index (χ2v) is 4.63. The summed E-state index contributed by atoms with van der Waals surface area (Å²) < 4.78 is 1.54. The molecular formula is C10H15I. The third kappa shape index (κ3) is 2.62. The maximum Gasteiger partial charge on any atom is -0.00699 e. The maximum absolute atomic E-state index is 3.78. The lowest BCUT2D eigenvalue weighted by Crippen LogP contribution is -2.10. The first-order chi connectivity index (χ1) is 5.24. The van der Waals surface area contributed by atoms with Gasteiger partial charge in [-0.1, -0.05) is 19.1 Å². The number of halogens is 1. The predicted octanol–water partition coefficient (Wildman–Crippen LogP) is 3.93. The van der Waals surface area contributed by atoms with Gasteiger partial charge in [-0.05, 0) is 57.3 Å². The lowest BCUT2D eigenvalue weighted by atomic mass is 9.86. The van der Waals surface area contributed by atoms with Crippen LogP contribution >= 0.6 is 22.6 Å². The number of rotatable bonds is 2. The largest absolute Gasteiger partial charge is 0.103 e. The Hall–Kier alpha value is 0.210. The zero-order valence-corrected chi connectivity index (χ0v) is 9.17. The summed E-state index contributed by atoms with van der Waals surface area (Å²) in [5, 5.41) is 0. The lowest BCUT2D eigenvalue weighted by Gasteiger charge is -2.23. The van der Waals surface area contributed by atoms with E-state index < -0.39 is 0 Å². The normalized spacial score (nSPS) is 31.3. The van der Waals surface area contributed by atoms with E-state index in [9.17, 15) is 0 Å². The number of hydrogen-bond donors (Lipinski definition) is 0. The third-order valence-electron chi connectivity index (χ3n) is 2.24. The summed E-state index contributed by atoms with van der Waals surface area (Å²) in [4.78, 5) is 0. The van der Waals surface area contributed by atoms with Crippen LogP contribution < -0.4 is 0 Å². The van der Waals surface area contributed by atoms with Crippen molar-refractivity contribution in [1.29, 1.82) is 0 Å². The highest BCUT2D eigenvalue weighted by molar-refractivity contribution is 14.1. The van der Waals surface area contributed by atoms with Gasteiger partial charge in [-0.3, -0.25) is 0 Å². The predicted molar refractivity (Wildman–Crippen MR) is 58.8 cm³/mol. The fourth-order valence-electron chi connectivity index (χ4n) is 1.58. The Morgan fingerprint density at radius 2 is 2.55 bits per heavy atom. The van der Waals surface area contributed by atoms with Crippen molar-refractivity contribution >= 4 is 22.6 Å². The van der Waals surface area contributed by atoms with E-state index >= 15 is 0 Å². The summed E-state index contributed by atoms with van der Waals surface area (Å²) in [5.74, 6) is 1.65. The maximum atomic E-state index is 3.78. The van der Waals surface area contributed by atoms with Gasteiger partial charge in [0.15, 0.2) is 0 Å². The molecule has 1 heteroatoms. The van der Waals surface area contributed by atoms with Crippen LogP contribution in [0, 0.1) is 11.8 Å². The minimum absolute atomic E-state index is 0.775. The van der Waals surface area contributed by atoms with Gasteiger partial charge in [-0.25, -0.2) is 0 Å². The third-order valence-corrected chi connectivity index (χ3v) is 3.56. The summed E-state index contributed by atoms with van der Waals surface area (Å²) >= 11 is 2.47. The molecule has 11 heavy (non-hydrogen) atoms. The molecule has 0 radical (unpaired) electrons. The van der Waals surface area contributed by atoms with Crippen LogP contribution in [0.2, 0.25) is 0 Å². The van der Waals surface area contributed by atoms with E-state index in [1.807, 2.05) is 6.08 Å². The SMILES string of the molecule is C=CCC1C[C@@H](C)CC=C1I. The Kier molecular flexibility index (Phi) is 3.63. The minimum atomic E-state index is 0.775. The minimum Gasteiger partial charge on any atom is -0.103 e. The Labute approximate surface area is 82.9 Å². The molecule has 62 valence electrons. The average molecular weight is 262 g/mol. The monoisotopic (exact) mass is 262 g/mol. The molecule has 1 rings (SSSR count). The molecule has 1 aliphatic carbocycles. The zero-order chi connectivity index (χ0) is 8.27. The van der Waals surface area contributed by atoms with Gasteiger partial charge < -0.3 is 0 Å². The molecule has 0 aliphatic heterocycles. The van der Waals surface area contributed by atoms with Crippen LogP contribution in [0.3, 0.4) is 0 Å². The molecule has 0 aromatic heterocycles. The summed E-state index contributed by atoms with van der Waals surface area (Å²) in [5.41, 5.74) is 0. The number of allylic oxidation sites excluding steroid dienone is 3. The van der Waals surface area contributed by atoms with E-state index in [1.54, 1.807) is 3.58 Å². The van der Waals surface area contributed by atoms with Gasteiger partial charge in [0.25, 0.3) is 0 Å². The van der Waals surface area contributed by atoms with Gasteiger partial charge in [0.1, 0.15) is 0 Å². The summed E-state index contributed by atoms with van der Waals surface area (Å²) in [7, 11) is 0.